The molecule has 0 N–H and O–H groups in total. The molecule has 33 heavy (non-hydrogen) atoms. The number of likely N-dealkylation sites (N-methyl/N-ethyl adjacent to an activating group) is 1. The highest BCUT2D eigenvalue weighted by Gasteiger charge is 2.22. The van der Waals surface area contributed by atoms with Crippen LogP contribution in [0.1, 0.15) is 31.9 Å². The normalized spacial score (nSPS) is 11.7. The van der Waals surface area contributed by atoms with Crippen molar-refractivity contribution in [3.05, 3.63) is 53.6 Å². The van der Waals surface area contributed by atoms with E-state index in [9.17, 15) is 13.2 Å². The fraction of sp³-hybridized carbons (Fsp3) is 0.417. The highest BCUT2D eigenvalue weighted by molar-refractivity contribution is 7.92. The molecule has 0 spiro atoms. The first-order valence-electron chi connectivity index (χ1n) is 10.8. The van der Waals surface area contributed by atoms with Crippen molar-refractivity contribution in [2.45, 2.75) is 43.8 Å². The number of hydrogen-bond acceptors (Lipinski definition) is 6. The predicted octanol–water partition coefficient (Wildman–Crippen LogP) is 4.60. The monoisotopic (exact) mass is 509 g/mol. The van der Waals surface area contributed by atoms with E-state index in [-0.39, 0.29) is 29.6 Å². The number of aromatic nitrogens is 1. The Hall–Kier alpha value is -2.00. The number of rotatable bonds is 9. The molecule has 6 nitrogen and oxygen atoms in total. The van der Waals surface area contributed by atoms with Crippen LogP contribution in [0.5, 0.6) is 0 Å². The number of hydrogen-bond donors (Lipinski definition) is 0. The van der Waals surface area contributed by atoms with E-state index in [1.54, 1.807) is 43.0 Å². The lowest BCUT2D eigenvalue weighted by Gasteiger charge is -2.22. The van der Waals surface area contributed by atoms with Crippen LogP contribution in [0.25, 0.3) is 10.2 Å². The van der Waals surface area contributed by atoms with E-state index in [1.807, 2.05) is 31.1 Å². The van der Waals surface area contributed by atoms with Crippen LogP contribution in [-0.2, 0) is 27.5 Å². The third kappa shape index (κ3) is 6.32. The Morgan fingerprint density at radius 3 is 2.30 bits per heavy atom. The first kappa shape index (κ1) is 27.2. The van der Waals surface area contributed by atoms with E-state index >= 15 is 0 Å². The largest absolute Gasteiger partial charge is 0.308 e. The fourth-order valence-electron chi connectivity index (χ4n) is 3.36. The third-order valence-corrected chi connectivity index (χ3v) is 8.62. The second-order valence-corrected chi connectivity index (χ2v) is 11.9. The fourth-order valence-corrected chi connectivity index (χ4v) is 5.48. The summed E-state index contributed by atoms with van der Waals surface area (Å²) in [7, 11) is 0.622. The Kier molecular flexibility index (Phi) is 9.43. The lowest BCUT2D eigenvalue weighted by molar-refractivity contribution is -0.118. The van der Waals surface area contributed by atoms with Crippen molar-refractivity contribution in [2.75, 3.05) is 32.1 Å². The number of benzene rings is 2. The van der Waals surface area contributed by atoms with Crippen LogP contribution >= 0.6 is 23.7 Å². The van der Waals surface area contributed by atoms with E-state index in [1.165, 1.54) is 16.9 Å². The zero-order valence-electron chi connectivity index (χ0n) is 19.7. The molecule has 0 unspecified atom stereocenters. The summed E-state index contributed by atoms with van der Waals surface area (Å²) < 4.78 is 25.8. The highest BCUT2D eigenvalue weighted by Crippen LogP contribution is 2.31. The lowest BCUT2D eigenvalue weighted by Crippen LogP contribution is -2.37. The van der Waals surface area contributed by atoms with Gasteiger partial charge in [-0.15, -0.1) is 12.4 Å². The number of carbonyl (C=O) groups is 1. The molecule has 180 valence electrons. The first-order valence-corrected chi connectivity index (χ1v) is 13.2. The summed E-state index contributed by atoms with van der Waals surface area (Å²) in [6.45, 7) is 6.68. The van der Waals surface area contributed by atoms with Crippen molar-refractivity contribution < 1.29 is 13.2 Å². The minimum absolute atomic E-state index is 0. The minimum Gasteiger partial charge on any atom is -0.308 e. The number of sulfone groups is 1. The Balaban J connectivity index is 0.00000385. The van der Waals surface area contributed by atoms with Gasteiger partial charge in [0.05, 0.1) is 26.8 Å². The number of halogens is 1. The summed E-state index contributed by atoms with van der Waals surface area (Å²) in [5.41, 5.74) is 2.91. The van der Waals surface area contributed by atoms with Crippen LogP contribution in [0, 0.1) is 0 Å². The van der Waals surface area contributed by atoms with Gasteiger partial charge in [-0.05, 0) is 63.7 Å². The Labute approximate surface area is 207 Å². The second-order valence-electron chi connectivity index (χ2n) is 8.38. The molecule has 0 atom stereocenters. The molecule has 0 fully saturated rings. The van der Waals surface area contributed by atoms with E-state index < -0.39 is 15.1 Å². The van der Waals surface area contributed by atoms with E-state index in [4.69, 9.17) is 4.98 Å². The molecule has 0 aliphatic heterocycles. The van der Waals surface area contributed by atoms with Crippen LogP contribution in [0.15, 0.2) is 47.4 Å². The van der Waals surface area contributed by atoms with E-state index in [0.717, 1.165) is 22.2 Å². The van der Waals surface area contributed by atoms with Crippen LogP contribution in [0.4, 0.5) is 5.13 Å². The van der Waals surface area contributed by atoms with Gasteiger partial charge in [-0.3, -0.25) is 9.69 Å². The van der Waals surface area contributed by atoms with Gasteiger partial charge in [0.2, 0.25) is 5.91 Å². The molecule has 0 aliphatic carbocycles. The molecule has 3 rings (SSSR count). The van der Waals surface area contributed by atoms with Crippen LogP contribution in [0.2, 0.25) is 0 Å². The Morgan fingerprint density at radius 2 is 1.73 bits per heavy atom. The van der Waals surface area contributed by atoms with Crippen molar-refractivity contribution >= 4 is 54.8 Å². The summed E-state index contributed by atoms with van der Waals surface area (Å²) in [6.07, 6.45) is 1.07. The van der Waals surface area contributed by atoms with E-state index in [0.29, 0.717) is 18.2 Å². The van der Waals surface area contributed by atoms with Crippen molar-refractivity contribution in [3.63, 3.8) is 0 Å². The van der Waals surface area contributed by atoms with Crippen molar-refractivity contribution in [1.29, 1.82) is 0 Å². The predicted molar refractivity (Wildman–Crippen MR) is 140 cm³/mol. The maximum absolute atomic E-state index is 13.3. The number of thiazole rings is 1. The number of carbonyl (C=O) groups excluding carboxylic acids is 1. The quantitative estimate of drug-likeness (QED) is 0.421. The molecular weight excluding hydrogens is 478 g/mol. The molecule has 9 heteroatoms. The average molecular weight is 510 g/mol. The van der Waals surface area contributed by atoms with Crippen LogP contribution in [0.3, 0.4) is 0 Å². The van der Waals surface area contributed by atoms with Gasteiger partial charge >= 0.3 is 0 Å². The SMILES string of the molecule is CCc1cccc2sc(N(CCN(C)C)C(=O)Cc3ccc(S(=O)(=O)C(C)C)cc3)nc12.Cl. The van der Waals surface area contributed by atoms with Gasteiger partial charge in [-0.2, -0.15) is 0 Å². The maximum atomic E-state index is 13.3. The van der Waals surface area contributed by atoms with Gasteiger partial charge in [0, 0.05) is 13.1 Å². The molecular formula is C24H32ClN3O3S2. The summed E-state index contributed by atoms with van der Waals surface area (Å²) in [6, 6.07) is 12.8. The maximum Gasteiger partial charge on any atom is 0.233 e. The van der Waals surface area contributed by atoms with Gasteiger partial charge in [0.25, 0.3) is 0 Å². The van der Waals surface area contributed by atoms with Crippen LogP contribution < -0.4 is 4.90 Å². The Morgan fingerprint density at radius 1 is 1.06 bits per heavy atom. The number of nitrogens with zero attached hydrogens (tertiary/aromatic N) is 3. The molecule has 0 radical (unpaired) electrons. The van der Waals surface area contributed by atoms with E-state index in [2.05, 4.69) is 13.0 Å². The van der Waals surface area contributed by atoms with Gasteiger partial charge in [-0.25, -0.2) is 13.4 Å². The summed E-state index contributed by atoms with van der Waals surface area (Å²) in [4.78, 5) is 22.2. The highest BCUT2D eigenvalue weighted by atomic mass is 35.5. The zero-order valence-corrected chi connectivity index (χ0v) is 22.2. The molecule has 1 aromatic heterocycles. The summed E-state index contributed by atoms with van der Waals surface area (Å²) in [5, 5.41) is 0.218. The summed E-state index contributed by atoms with van der Waals surface area (Å²) >= 11 is 1.53. The Bertz CT molecular complexity index is 1190. The lowest BCUT2D eigenvalue weighted by atomic mass is 10.1. The van der Waals surface area contributed by atoms with Crippen molar-refractivity contribution in [3.8, 4) is 0 Å². The third-order valence-electron chi connectivity index (χ3n) is 5.40. The number of para-hydroxylation sites is 1. The standard InChI is InChI=1S/C24H31N3O3S2.ClH/c1-6-19-8-7-9-21-23(19)25-24(31-21)27(15-14-26(4)5)22(28)16-18-10-12-20(13-11-18)32(29,30)17(2)3;/h7-13,17H,6,14-16H2,1-5H3;1H. The van der Waals surface area contributed by atoms with Gasteiger partial charge in [0.15, 0.2) is 15.0 Å². The molecule has 0 aliphatic rings. The van der Waals surface area contributed by atoms with Crippen molar-refractivity contribution in [1.82, 2.24) is 9.88 Å². The number of anilines is 1. The minimum atomic E-state index is -3.33. The van der Waals surface area contributed by atoms with Crippen LogP contribution in [-0.4, -0.2) is 56.6 Å². The molecule has 3 aromatic rings. The van der Waals surface area contributed by atoms with Crippen molar-refractivity contribution in [2.24, 2.45) is 0 Å². The molecule has 0 saturated heterocycles. The van der Waals surface area contributed by atoms with Gasteiger partial charge in [-0.1, -0.05) is 42.5 Å². The molecule has 0 bridgehead atoms. The summed E-state index contributed by atoms with van der Waals surface area (Å²) in [5.74, 6) is -0.0524. The topological polar surface area (TPSA) is 70.6 Å². The zero-order chi connectivity index (χ0) is 23.5. The molecule has 1 heterocycles. The second kappa shape index (κ2) is 11.4. The first-order chi connectivity index (χ1) is 15.1. The molecule has 2 aromatic carbocycles. The van der Waals surface area contributed by atoms with Gasteiger partial charge < -0.3 is 4.90 Å². The number of fused-ring (bicyclic) bond motifs is 1. The smallest absolute Gasteiger partial charge is 0.233 e. The number of amides is 1. The number of aryl methyl sites for hydroxylation is 1. The average Bonchev–Trinajstić information content (AvgIpc) is 3.17. The van der Waals surface area contributed by atoms with Gasteiger partial charge in [0.1, 0.15) is 0 Å². The molecule has 1 amide bonds. The molecule has 0 saturated carbocycles.